The molecular formula is C14H15F3N2. The van der Waals surface area contributed by atoms with Gasteiger partial charge in [-0.25, -0.2) is 4.98 Å². The molecule has 102 valence electrons. The van der Waals surface area contributed by atoms with Crippen molar-refractivity contribution in [2.24, 2.45) is 0 Å². The van der Waals surface area contributed by atoms with Crippen LogP contribution in [0.2, 0.25) is 0 Å². The lowest BCUT2D eigenvalue weighted by molar-refractivity contribution is -0.140. The van der Waals surface area contributed by atoms with E-state index >= 15 is 0 Å². The minimum absolute atomic E-state index is 0.364. The number of aromatic nitrogens is 1. The van der Waals surface area contributed by atoms with Crippen molar-refractivity contribution in [1.29, 1.82) is 0 Å². The summed E-state index contributed by atoms with van der Waals surface area (Å²) in [6.45, 7) is 4.42. The average Bonchev–Trinajstić information content (AvgIpc) is 2.37. The second-order valence-corrected chi connectivity index (χ2v) is 4.29. The molecular weight excluding hydrogens is 253 g/mol. The van der Waals surface area contributed by atoms with Crippen LogP contribution in [0.15, 0.2) is 24.3 Å². The Bertz CT molecular complexity index is 591. The summed E-state index contributed by atoms with van der Waals surface area (Å²) in [5.41, 5.74) is 1.06. The Labute approximate surface area is 109 Å². The molecule has 19 heavy (non-hydrogen) atoms. The largest absolute Gasteiger partial charge is 0.433 e. The van der Waals surface area contributed by atoms with Gasteiger partial charge in [0.15, 0.2) is 0 Å². The molecule has 0 atom stereocenters. The molecule has 2 aromatic rings. The number of alkyl halides is 3. The summed E-state index contributed by atoms with van der Waals surface area (Å²) in [6.07, 6.45) is -3.59. The number of halogens is 3. The number of rotatable bonds is 3. The monoisotopic (exact) mass is 268 g/mol. The molecule has 0 saturated heterocycles. The van der Waals surface area contributed by atoms with Crippen molar-refractivity contribution in [3.05, 3.63) is 35.5 Å². The fraction of sp³-hybridized carbons (Fsp3) is 0.357. The Hall–Kier alpha value is -1.78. The maximum Gasteiger partial charge on any atom is 0.433 e. The van der Waals surface area contributed by atoms with E-state index in [1.807, 2.05) is 26.0 Å². The Morgan fingerprint density at radius 2 is 1.89 bits per heavy atom. The number of hydrogen-bond acceptors (Lipinski definition) is 2. The van der Waals surface area contributed by atoms with Gasteiger partial charge in [-0.15, -0.1) is 0 Å². The molecule has 0 unspecified atom stereocenters. The number of nitrogens with zero attached hydrogens (tertiary/aromatic N) is 1. The summed E-state index contributed by atoms with van der Waals surface area (Å²) in [5.74, 6) is 0. The van der Waals surface area contributed by atoms with Gasteiger partial charge in [-0.05, 0) is 37.1 Å². The molecule has 1 heterocycles. The van der Waals surface area contributed by atoms with E-state index < -0.39 is 11.9 Å². The topological polar surface area (TPSA) is 24.9 Å². The summed E-state index contributed by atoms with van der Waals surface area (Å²) in [7, 11) is 0. The van der Waals surface area contributed by atoms with Gasteiger partial charge in [-0.2, -0.15) is 13.2 Å². The van der Waals surface area contributed by atoms with Crippen LogP contribution in [-0.4, -0.2) is 11.5 Å². The maximum absolute atomic E-state index is 12.8. The predicted octanol–water partition coefficient (Wildman–Crippen LogP) is 4.25. The van der Waals surface area contributed by atoms with E-state index in [0.717, 1.165) is 23.4 Å². The second-order valence-electron chi connectivity index (χ2n) is 4.29. The molecule has 1 N–H and O–H groups in total. The quantitative estimate of drug-likeness (QED) is 0.900. The van der Waals surface area contributed by atoms with E-state index in [0.29, 0.717) is 17.7 Å². The molecule has 0 aliphatic carbocycles. The van der Waals surface area contributed by atoms with Crippen LogP contribution in [0, 0.1) is 0 Å². The lowest BCUT2D eigenvalue weighted by atomic mass is 10.1. The molecule has 0 aliphatic heterocycles. The van der Waals surface area contributed by atoms with Gasteiger partial charge in [0.1, 0.15) is 5.69 Å². The molecule has 2 nitrogen and oxygen atoms in total. The number of fused-ring (bicyclic) bond motifs is 1. The summed E-state index contributed by atoms with van der Waals surface area (Å²) in [5, 5.41) is 3.71. The molecule has 1 aromatic heterocycles. The number of pyridine rings is 1. The molecule has 5 heteroatoms. The third-order valence-electron chi connectivity index (χ3n) is 2.94. The molecule has 0 saturated carbocycles. The highest BCUT2D eigenvalue weighted by Gasteiger charge is 2.33. The number of anilines is 1. The van der Waals surface area contributed by atoms with Crippen LogP contribution >= 0.6 is 0 Å². The summed E-state index contributed by atoms with van der Waals surface area (Å²) in [4.78, 5) is 3.70. The highest BCUT2D eigenvalue weighted by atomic mass is 19.4. The highest BCUT2D eigenvalue weighted by molar-refractivity contribution is 5.92. The summed E-state index contributed by atoms with van der Waals surface area (Å²) < 4.78 is 38.4. The molecule has 0 bridgehead atoms. The van der Waals surface area contributed by atoms with E-state index in [1.54, 1.807) is 6.07 Å². The maximum atomic E-state index is 12.8. The minimum Gasteiger partial charge on any atom is -0.385 e. The first-order valence-electron chi connectivity index (χ1n) is 6.20. The zero-order chi connectivity index (χ0) is 14.0. The molecule has 2 rings (SSSR count). The van der Waals surface area contributed by atoms with E-state index in [2.05, 4.69) is 10.3 Å². The van der Waals surface area contributed by atoms with Crippen LogP contribution in [0.3, 0.4) is 0 Å². The minimum atomic E-state index is -4.43. The molecule has 0 amide bonds. The van der Waals surface area contributed by atoms with Gasteiger partial charge < -0.3 is 5.32 Å². The van der Waals surface area contributed by atoms with Gasteiger partial charge in [-0.1, -0.05) is 13.0 Å². The molecule has 1 aromatic carbocycles. The van der Waals surface area contributed by atoms with Crippen LogP contribution in [-0.2, 0) is 12.6 Å². The van der Waals surface area contributed by atoms with Crippen LogP contribution in [0.1, 0.15) is 25.1 Å². The lowest BCUT2D eigenvalue weighted by Crippen LogP contribution is -2.10. The van der Waals surface area contributed by atoms with E-state index in [9.17, 15) is 13.2 Å². The first-order chi connectivity index (χ1) is 8.95. The van der Waals surface area contributed by atoms with Crippen LogP contribution in [0.5, 0.6) is 0 Å². The lowest BCUT2D eigenvalue weighted by Gasteiger charge is -2.13. The van der Waals surface area contributed by atoms with Crippen LogP contribution in [0.4, 0.5) is 18.9 Å². The van der Waals surface area contributed by atoms with Gasteiger partial charge in [0.2, 0.25) is 0 Å². The van der Waals surface area contributed by atoms with Gasteiger partial charge in [0.25, 0.3) is 0 Å². The van der Waals surface area contributed by atoms with Crippen LogP contribution in [0.25, 0.3) is 10.9 Å². The molecule has 0 fully saturated rings. The van der Waals surface area contributed by atoms with Crippen molar-refractivity contribution in [1.82, 2.24) is 4.98 Å². The van der Waals surface area contributed by atoms with Gasteiger partial charge in [0, 0.05) is 17.6 Å². The first kappa shape index (κ1) is 13.6. The Balaban J connectivity index is 2.68. The van der Waals surface area contributed by atoms with Crippen molar-refractivity contribution < 1.29 is 13.2 Å². The first-order valence-corrected chi connectivity index (χ1v) is 6.20. The molecule has 0 aliphatic rings. The molecule has 0 spiro atoms. The Morgan fingerprint density at radius 3 is 2.47 bits per heavy atom. The van der Waals surface area contributed by atoms with Crippen molar-refractivity contribution in [3.63, 3.8) is 0 Å². The molecule has 0 radical (unpaired) electrons. The predicted molar refractivity (Wildman–Crippen MR) is 70.3 cm³/mol. The normalized spacial score (nSPS) is 11.8. The van der Waals surface area contributed by atoms with E-state index in [1.165, 1.54) is 0 Å². The second kappa shape index (κ2) is 5.07. The fourth-order valence-electron chi connectivity index (χ4n) is 1.97. The zero-order valence-corrected chi connectivity index (χ0v) is 10.8. The number of benzene rings is 1. The van der Waals surface area contributed by atoms with Gasteiger partial charge >= 0.3 is 6.18 Å². The SMILES string of the molecule is CCNc1cc(C(F)(F)F)nc2ccc(CC)cc12. The third kappa shape index (κ3) is 2.80. The number of aryl methyl sites for hydroxylation is 1. The summed E-state index contributed by atoms with van der Waals surface area (Å²) >= 11 is 0. The van der Waals surface area contributed by atoms with E-state index in [4.69, 9.17) is 0 Å². The smallest absolute Gasteiger partial charge is 0.385 e. The fourth-order valence-corrected chi connectivity index (χ4v) is 1.97. The third-order valence-corrected chi connectivity index (χ3v) is 2.94. The summed E-state index contributed by atoms with van der Waals surface area (Å²) in [6, 6.07) is 6.42. The van der Waals surface area contributed by atoms with Crippen LogP contribution < -0.4 is 5.32 Å². The number of nitrogens with one attached hydrogen (secondary N) is 1. The van der Waals surface area contributed by atoms with Gasteiger partial charge in [-0.3, -0.25) is 0 Å². The van der Waals surface area contributed by atoms with Crippen molar-refractivity contribution in [2.75, 3.05) is 11.9 Å². The average molecular weight is 268 g/mol. The van der Waals surface area contributed by atoms with Crippen molar-refractivity contribution >= 4 is 16.6 Å². The van der Waals surface area contributed by atoms with Crippen molar-refractivity contribution in [3.8, 4) is 0 Å². The Kier molecular flexibility index (Phi) is 3.64. The number of hydrogen-bond donors (Lipinski definition) is 1. The van der Waals surface area contributed by atoms with Gasteiger partial charge in [0.05, 0.1) is 5.52 Å². The highest BCUT2D eigenvalue weighted by Crippen LogP contribution is 2.33. The Morgan fingerprint density at radius 1 is 1.16 bits per heavy atom. The zero-order valence-electron chi connectivity index (χ0n) is 10.8. The standard InChI is InChI=1S/C14H15F3N2/c1-3-9-5-6-11-10(7-9)12(18-4-2)8-13(19-11)14(15,16)17/h5-8H,3-4H2,1-2H3,(H,18,19). The van der Waals surface area contributed by atoms with E-state index in [-0.39, 0.29) is 0 Å². The van der Waals surface area contributed by atoms with Crippen molar-refractivity contribution in [2.45, 2.75) is 26.4 Å².